The summed E-state index contributed by atoms with van der Waals surface area (Å²) in [6.07, 6.45) is 1.83. The maximum atomic E-state index is 12.7. The summed E-state index contributed by atoms with van der Waals surface area (Å²) < 4.78 is 8.10. The van der Waals surface area contributed by atoms with Crippen molar-refractivity contribution in [3.05, 3.63) is 82.5 Å². The van der Waals surface area contributed by atoms with Crippen LogP contribution in [-0.4, -0.2) is 31.5 Å². The third-order valence-electron chi connectivity index (χ3n) is 4.20. The highest BCUT2D eigenvalue weighted by Crippen LogP contribution is 2.17. The number of halogens is 1. The van der Waals surface area contributed by atoms with E-state index >= 15 is 0 Å². The van der Waals surface area contributed by atoms with Gasteiger partial charge in [-0.15, -0.1) is 0 Å². The van der Waals surface area contributed by atoms with Gasteiger partial charge in [-0.2, -0.15) is 5.10 Å². The van der Waals surface area contributed by atoms with E-state index in [0.717, 1.165) is 4.68 Å². The van der Waals surface area contributed by atoms with Gasteiger partial charge < -0.3 is 4.74 Å². The van der Waals surface area contributed by atoms with Crippen molar-refractivity contribution in [2.24, 2.45) is 0 Å². The van der Waals surface area contributed by atoms with Crippen molar-refractivity contribution in [1.82, 2.24) is 19.4 Å². The summed E-state index contributed by atoms with van der Waals surface area (Å²) in [5.41, 5.74) is 3.08. The monoisotopic (exact) mass is 409 g/mol. The van der Waals surface area contributed by atoms with Gasteiger partial charge in [-0.3, -0.25) is 15.0 Å². The van der Waals surface area contributed by atoms with Gasteiger partial charge in [0.15, 0.2) is 11.8 Å². The minimum atomic E-state index is -0.811. The number of nitrogens with one attached hydrogen (secondary N) is 1. The molecule has 4 aromatic rings. The molecular formula is C20H16ClN5O3. The van der Waals surface area contributed by atoms with Gasteiger partial charge in [-0.25, -0.2) is 14.3 Å². The van der Waals surface area contributed by atoms with Crippen molar-refractivity contribution in [2.75, 3.05) is 5.43 Å². The highest BCUT2D eigenvalue weighted by molar-refractivity contribution is 6.30. The predicted octanol–water partition coefficient (Wildman–Crippen LogP) is 2.77. The summed E-state index contributed by atoms with van der Waals surface area (Å²) in [6.45, 7) is 1.59. The largest absolute Gasteiger partial charge is 0.481 e. The van der Waals surface area contributed by atoms with Gasteiger partial charge in [0.25, 0.3) is 11.5 Å². The van der Waals surface area contributed by atoms with E-state index in [4.69, 9.17) is 16.3 Å². The fraction of sp³-hybridized carbons (Fsp3) is 0.100. The maximum Gasteiger partial charge on any atom is 0.283 e. The van der Waals surface area contributed by atoms with Crippen LogP contribution >= 0.6 is 11.6 Å². The molecule has 0 saturated heterocycles. The number of carbonyl (C=O) groups is 1. The van der Waals surface area contributed by atoms with Crippen LogP contribution < -0.4 is 15.7 Å². The molecule has 0 radical (unpaired) electrons. The first kappa shape index (κ1) is 18.7. The number of rotatable bonds is 5. The molecule has 2 heterocycles. The average Bonchev–Trinajstić information content (AvgIpc) is 3.15. The number of benzene rings is 2. The van der Waals surface area contributed by atoms with Crippen LogP contribution in [0.5, 0.6) is 5.75 Å². The molecule has 8 nitrogen and oxygen atoms in total. The van der Waals surface area contributed by atoms with Gasteiger partial charge in [-0.1, -0.05) is 35.9 Å². The molecular weight excluding hydrogens is 394 g/mol. The molecule has 9 heteroatoms. The van der Waals surface area contributed by atoms with E-state index in [0.29, 0.717) is 22.1 Å². The summed E-state index contributed by atoms with van der Waals surface area (Å²) in [7, 11) is 0. The van der Waals surface area contributed by atoms with Crippen LogP contribution in [0.2, 0.25) is 5.02 Å². The molecule has 29 heavy (non-hydrogen) atoms. The van der Waals surface area contributed by atoms with E-state index in [1.807, 2.05) is 6.07 Å². The second kappa shape index (κ2) is 7.76. The smallest absolute Gasteiger partial charge is 0.283 e. The van der Waals surface area contributed by atoms with Crippen LogP contribution in [0.4, 0.5) is 0 Å². The summed E-state index contributed by atoms with van der Waals surface area (Å²) in [4.78, 5) is 29.4. The maximum absolute atomic E-state index is 12.7. The Labute approximate surface area is 170 Å². The number of ether oxygens (including phenoxy) is 1. The Hall–Kier alpha value is -3.65. The number of para-hydroxylation sites is 1. The molecule has 0 saturated carbocycles. The first-order chi connectivity index (χ1) is 14.0. The fourth-order valence-corrected chi connectivity index (χ4v) is 2.94. The van der Waals surface area contributed by atoms with Crippen LogP contribution in [0.25, 0.3) is 16.7 Å². The van der Waals surface area contributed by atoms with Crippen LogP contribution in [0, 0.1) is 0 Å². The summed E-state index contributed by atoms with van der Waals surface area (Å²) >= 11 is 6.03. The molecule has 2 aromatic carbocycles. The first-order valence-electron chi connectivity index (χ1n) is 8.77. The van der Waals surface area contributed by atoms with Crippen LogP contribution in [-0.2, 0) is 4.79 Å². The SMILES string of the molecule is CC(Oc1ccccc1)C(=O)Nn1cnc2c(cnn2-c2cccc(Cl)c2)c1=O. The summed E-state index contributed by atoms with van der Waals surface area (Å²) in [5, 5.41) is 5.02. The number of fused-ring (bicyclic) bond motifs is 1. The highest BCUT2D eigenvalue weighted by atomic mass is 35.5. The Morgan fingerprint density at radius 1 is 1.17 bits per heavy atom. The Morgan fingerprint density at radius 3 is 2.72 bits per heavy atom. The quantitative estimate of drug-likeness (QED) is 0.547. The minimum Gasteiger partial charge on any atom is -0.481 e. The third-order valence-corrected chi connectivity index (χ3v) is 4.43. The zero-order valence-corrected chi connectivity index (χ0v) is 16.1. The van der Waals surface area contributed by atoms with E-state index in [-0.39, 0.29) is 5.39 Å². The molecule has 1 atom stereocenters. The number of hydrogen-bond acceptors (Lipinski definition) is 5. The van der Waals surface area contributed by atoms with Gasteiger partial charge >= 0.3 is 0 Å². The Balaban J connectivity index is 1.58. The van der Waals surface area contributed by atoms with E-state index in [1.54, 1.807) is 55.5 Å². The van der Waals surface area contributed by atoms with Crippen molar-refractivity contribution in [2.45, 2.75) is 13.0 Å². The van der Waals surface area contributed by atoms with Gasteiger partial charge in [0, 0.05) is 5.02 Å². The molecule has 0 aliphatic rings. The van der Waals surface area contributed by atoms with Gasteiger partial charge in [-0.05, 0) is 37.3 Å². The second-order valence-corrected chi connectivity index (χ2v) is 6.68. The molecule has 0 aliphatic heterocycles. The zero-order valence-electron chi connectivity index (χ0n) is 15.3. The van der Waals surface area contributed by atoms with Crippen LogP contribution in [0.3, 0.4) is 0 Å². The lowest BCUT2D eigenvalue weighted by atomic mass is 10.3. The molecule has 0 aliphatic carbocycles. The van der Waals surface area contributed by atoms with Gasteiger partial charge in [0.2, 0.25) is 0 Å². The molecule has 0 bridgehead atoms. The van der Waals surface area contributed by atoms with Crippen molar-refractivity contribution < 1.29 is 9.53 Å². The average molecular weight is 410 g/mol. The molecule has 1 unspecified atom stereocenters. The first-order valence-corrected chi connectivity index (χ1v) is 9.14. The van der Waals surface area contributed by atoms with E-state index < -0.39 is 17.6 Å². The fourth-order valence-electron chi connectivity index (χ4n) is 2.75. The second-order valence-electron chi connectivity index (χ2n) is 6.24. The van der Waals surface area contributed by atoms with E-state index in [1.165, 1.54) is 17.2 Å². The Bertz CT molecular complexity index is 1240. The molecule has 0 fully saturated rings. The normalized spacial score (nSPS) is 11.9. The Kier molecular flexibility index (Phi) is 5.01. The number of carbonyl (C=O) groups excluding carboxylic acids is 1. The van der Waals surface area contributed by atoms with Gasteiger partial charge in [0.05, 0.1) is 11.9 Å². The number of nitrogens with zero attached hydrogens (tertiary/aromatic N) is 4. The molecule has 1 amide bonds. The van der Waals surface area contributed by atoms with Gasteiger partial charge in [0.1, 0.15) is 17.5 Å². The predicted molar refractivity (Wildman–Crippen MR) is 109 cm³/mol. The Morgan fingerprint density at radius 2 is 1.97 bits per heavy atom. The van der Waals surface area contributed by atoms with Crippen molar-refractivity contribution in [3.63, 3.8) is 0 Å². The molecule has 4 rings (SSSR count). The van der Waals surface area contributed by atoms with Crippen LogP contribution in [0.1, 0.15) is 6.92 Å². The van der Waals surface area contributed by atoms with Crippen molar-refractivity contribution >= 4 is 28.5 Å². The zero-order chi connectivity index (χ0) is 20.4. The molecule has 0 spiro atoms. The lowest BCUT2D eigenvalue weighted by Gasteiger charge is -2.15. The highest BCUT2D eigenvalue weighted by Gasteiger charge is 2.17. The standard InChI is InChI=1S/C20H16ClN5O3/c1-13(29-16-8-3-2-4-9-16)19(27)24-25-12-22-18-17(20(25)28)11-23-26(18)15-7-5-6-14(21)10-15/h2-13H,1H3,(H,24,27). The third kappa shape index (κ3) is 3.83. The molecule has 1 N–H and O–H groups in total. The lowest BCUT2D eigenvalue weighted by molar-refractivity contribution is -0.123. The van der Waals surface area contributed by atoms with Crippen molar-refractivity contribution in [1.29, 1.82) is 0 Å². The van der Waals surface area contributed by atoms with E-state index in [2.05, 4.69) is 15.5 Å². The molecule has 146 valence electrons. The van der Waals surface area contributed by atoms with Crippen LogP contribution in [0.15, 0.2) is 71.9 Å². The lowest BCUT2D eigenvalue weighted by Crippen LogP contribution is -2.39. The minimum absolute atomic E-state index is 0.254. The number of amides is 1. The summed E-state index contributed by atoms with van der Waals surface area (Å²) in [5.74, 6) is 0.0678. The number of hydrogen-bond donors (Lipinski definition) is 1. The molecule has 2 aromatic heterocycles. The number of aromatic nitrogens is 4. The van der Waals surface area contributed by atoms with E-state index in [9.17, 15) is 9.59 Å². The van der Waals surface area contributed by atoms with Crippen molar-refractivity contribution in [3.8, 4) is 11.4 Å². The topological polar surface area (TPSA) is 91.0 Å². The summed E-state index contributed by atoms with van der Waals surface area (Å²) in [6, 6.07) is 16.0.